The van der Waals surface area contributed by atoms with Crippen molar-refractivity contribution in [2.75, 3.05) is 32.2 Å². The van der Waals surface area contributed by atoms with Gasteiger partial charge in [-0.25, -0.2) is 0 Å². The van der Waals surface area contributed by atoms with Gasteiger partial charge in [-0.2, -0.15) is 0 Å². The van der Waals surface area contributed by atoms with Gasteiger partial charge >= 0.3 is 0 Å². The Kier molecular flexibility index (Phi) is 7.26. The van der Waals surface area contributed by atoms with Gasteiger partial charge in [0.2, 0.25) is 0 Å². The van der Waals surface area contributed by atoms with Crippen LogP contribution in [0.25, 0.3) is 0 Å². The lowest BCUT2D eigenvalue weighted by Crippen LogP contribution is -2.30. The average molecular weight is 395 g/mol. The van der Waals surface area contributed by atoms with Crippen LogP contribution in [-0.2, 0) is 27.1 Å². The fourth-order valence-corrected chi connectivity index (χ4v) is 4.54. The van der Waals surface area contributed by atoms with Gasteiger partial charge in [0, 0.05) is 25.1 Å². The molecule has 1 aromatic rings. The van der Waals surface area contributed by atoms with Gasteiger partial charge in [-0.15, -0.1) is 11.3 Å². The van der Waals surface area contributed by atoms with E-state index in [0.717, 1.165) is 37.7 Å². The number of fused-ring (bicyclic) bond motifs is 1. The zero-order chi connectivity index (χ0) is 19.2. The van der Waals surface area contributed by atoms with E-state index in [0.29, 0.717) is 36.2 Å². The molecule has 1 saturated carbocycles. The Labute approximate surface area is 165 Å². The highest BCUT2D eigenvalue weighted by molar-refractivity contribution is 7.17. The van der Waals surface area contributed by atoms with Crippen LogP contribution in [0.4, 0.5) is 5.00 Å². The summed E-state index contributed by atoms with van der Waals surface area (Å²) in [6.07, 6.45) is 6.74. The van der Waals surface area contributed by atoms with Gasteiger partial charge in [0.25, 0.3) is 11.8 Å². The first kappa shape index (κ1) is 20.3. The lowest BCUT2D eigenvalue weighted by Gasteiger charge is -2.15. The fraction of sp³-hybridized carbons (Fsp3) is 0.700. The summed E-state index contributed by atoms with van der Waals surface area (Å²) >= 11 is 1.54. The molecule has 2 N–H and O–H groups in total. The van der Waals surface area contributed by atoms with Crippen LogP contribution in [0.2, 0.25) is 0 Å². The minimum absolute atomic E-state index is 0.104. The number of aryl methyl sites for hydroxylation is 1. The number of thiophene rings is 1. The number of carbonyl (C=O) groups excluding carboxylic acids is 2. The van der Waals surface area contributed by atoms with Crippen LogP contribution in [0.1, 0.15) is 59.8 Å². The molecule has 6 nitrogen and oxygen atoms in total. The van der Waals surface area contributed by atoms with Gasteiger partial charge in [-0.05, 0) is 63.4 Å². The highest BCUT2D eigenvalue weighted by Gasteiger charge is 2.28. The van der Waals surface area contributed by atoms with E-state index < -0.39 is 6.10 Å². The number of anilines is 1. The van der Waals surface area contributed by atoms with Crippen molar-refractivity contribution in [3.63, 3.8) is 0 Å². The number of hydrogen-bond acceptors (Lipinski definition) is 5. The summed E-state index contributed by atoms with van der Waals surface area (Å²) in [7, 11) is 1.65. The predicted molar refractivity (Wildman–Crippen MR) is 107 cm³/mol. The number of carbonyl (C=O) groups is 2. The Morgan fingerprint density at radius 3 is 2.78 bits per heavy atom. The summed E-state index contributed by atoms with van der Waals surface area (Å²) in [5, 5.41) is 6.59. The number of amides is 2. The van der Waals surface area contributed by atoms with E-state index in [2.05, 4.69) is 10.6 Å². The number of rotatable bonds is 10. The zero-order valence-electron chi connectivity index (χ0n) is 16.3. The standard InChI is InChI=1S/C20H30N2O4S/c1-13(26-12-14-8-9-14)18(23)22-20-17(19(24)21-10-5-11-25-2)15-6-3-4-7-16(15)27-20/h13-14H,3-12H2,1-2H3,(H,21,24)(H,22,23). The molecule has 3 rings (SSSR count). The molecule has 0 spiro atoms. The quantitative estimate of drug-likeness (QED) is 0.598. The van der Waals surface area contributed by atoms with Crippen LogP contribution < -0.4 is 10.6 Å². The molecule has 0 aliphatic heterocycles. The van der Waals surface area contributed by atoms with Crippen molar-refractivity contribution >= 4 is 28.2 Å². The molecule has 1 heterocycles. The van der Waals surface area contributed by atoms with Crippen LogP contribution in [0.3, 0.4) is 0 Å². The Hall–Kier alpha value is -1.44. The van der Waals surface area contributed by atoms with E-state index in [1.165, 1.54) is 17.7 Å². The summed E-state index contributed by atoms with van der Waals surface area (Å²) in [5.74, 6) is 0.331. The Morgan fingerprint density at radius 2 is 2.04 bits per heavy atom. The van der Waals surface area contributed by atoms with E-state index in [4.69, 9.17) is 9.47 Å². The Bertz CT molecular complexity index is 669. The molecule has 1 atom stereocenters. The highest BCUT2D eigenvalue weighted by Crippen LogP contribution is 2.38. The van der Waals surface area contributed by atoms with E-state index in [9.17, 15) is 9.59 Å². The highest BCUT2D eigenvalue weighted by atomic mass is 32.1. The lowest BCUT2D eigenvalue weighted by atomic mass is 9.95. The molecule has 1 aromatic heterocycles. The number of hydrogen-bond donors (Lipinski definition) is 2. The van der Waals surface area contributed by atoms with E-state index >= 15 is 0 Å². The summed E-state index contributed by atoms with van der Waals surface area (Å²) in [4.78, 5) is 26.6. The maximum Gasteiger partial charge on any atom is 0.254 e. The monoisotopic (exact) mass is 394 g/mol. The third-order valence-corrected chi connectivity index (χ3v) is 6.30. The van der Waals surface area contributed by atoms with Crippen LogP contribution in [0.15, 0.2) is 0 Å². The molecule has 2 aliphatic carbocycles. The minimum Gasteiger partial charge on any atom is -0.385 e. The van der Waals surface area contributed by atoms with Crippen LogP contribution in [-0.4, -0.2) is 44.8 Å². The lowest BCUT2D eigenvalue weighted by molar-refractivity contribution is -0.126. The maximum atomic E-state index is 12.8. The second kappa shape index (κ2) is 9.66. The molecule has 0 aromatic carbocycles. The SMILES string of the molecule is COCCCNC(=O)c1c(NC(=O)C(C)OCC2CC2)sc2c1CCCC2. The molecule has 1 unspecified atom stereocenters. The van der Waals surface area contributed by atoms with Crippen LogP contribution in [0, 0.1) is 5.92 Å². The summed E-state index contributed by atoms with van der Waals surface area (Å²) < 4.78 is 10.7. The molecule has 0 bridgehead atoms. The van der Waals surface area contributed by atoms with E-state index in [1.807, 2.05) is 0 Å². The smallest absolute Gasteiger partial charge is 0.254 e. The van der Waals surface area contributed by atoms with E-state index in [1.54, 1.807) is 25.4 Å². The van der Waals surface area contributed by atoms with Crippen LogP contribution >= 0.6 is 11.3 Å². The van der Waals surface area contributed by atoms with Crippen LogP contribution in [0.5, 0.6) is 0 Å². The largest absolute Gasteiger partial charge is 0.385 e. The fourth-order valence-electron chi connectivity index (χ4n) is 3.26. The second-order valence-electron chi connectivity index (χ2n) is 7.43. The molecule has 7 heteroatoms. The van der Waals surface area contributed by atoms with Gasteiger partial charge in [-0.3, -0.25) is 9.59 Å². The first-order valence-electron chi connectivity index (χ1n) is 9.94. The molecular formula is C20H30N2O4S. The molecule has 0 saturated heterocycles. The molecule has 1 fully saturated rings. The van der Waals surface area contributed by atoms with Crippen molar-refractivity contribution in [1.82, 2.24) is 5.32 Å². The zero-order valence-corrected chi connectivity index (χ0v) is 17.1. The maximum absolute atomic E-state index is 12.8. The molecule has 2 amide bonds. The summed E-state index contributed by atoms with van der Waals surface area (Å²) in [6, 6.07) is 0. The third kappa shape index (κ3) is 5.53. The molecular weight excluding hydrogens is 364 g/mol. The van der Waals surface area contributed by atoms with Gasteiger partial charge in [0.05, 0.1) is 12.2 Å². The number of methoxy groups -OCH3 is 1. The van der Waals surface area contributed by atoms with Crippen molar-refractivity contribution in [2.45, 2.75) is 58.0 Å². The topological polar surface area (TPSA) is 76.7 Å². The van der Waals surface area contributed by atoms with Crippen molar-refractivity contribution in [3.8, 4) is 0 Å². The van der Waals surface area contributed by atoms with Crippen molar-refractivity contribution in [2.24, 2.45) is 5.92 Å². The summed E-state index contributed by atoms with van der Waals surface area (Å²) in [5.41, 5.74) is 1.76. The minimum atomic E-state index is -0.512. The van der Waals surface area contributed by atoms with E-state index in [-0.39, 0.29) is 11.8 Å². The number of ether oxygens (including phenoxy) is 2. The van der Waals surface area contributed by atoms with Gasteiger partial charge < -0.3 is 20.1 Å². The second-order valence-corrected chi connectivity index (χ2v) is 8.53. The first-order valence-corrected chi connectivity index (χ1v) is 10.8. The van der Waals surface area contributed by atoms with Crippen molar-refractivity contribution < 1.29 is 19.1 Å². The Balaban J connectivity index is 1.68. The van der Waals surface area contributed by atoms with Gasteiger partial charge in [-0.1, -0.05) is 0 Å². The first-order chi connectivity index (χ1) is 13.1. The van der Waals surface area contributed by atoms with Gasteiger partial charge in [0.1, 0.15) is 11.1 Å². The normalized spacial score (nSPS) is 17.3. The molecule has 2 aliphatic rings. The third-order valence-electron chi connectivity index (χ3n) is 5.09. The van der Waals surface area contributed by atoms with Gasteiger partial charge in [0.15, 0.2) is 0 Å². The van der Waals surface area contributed by atoms with Crippen molar-refractivity contribution in [3.05, 3.63) is 16.0 Å². The Morgan fingerprint density at radius 1 is 1.26 bits per heavy atom. The molecule has 27 heavy (non-hydrogen) atoms. The predicted octanol–water partition coefficient (Wildman–Crippen LogP) is 3.15. The molecule has 150 valence electrons. The summed E-state index contributed by atoms with van der Waals surface area (Å²) in [6.45, 7) is 3.59. The number of nitrogens with one attached hydrogen (secondary N) is 2. The van der Waals surface area contributed by atoms with Crippen molar-refractivity contribution in [1.29, 1.82) is 0 Å². The average Bonchev–Trinajstić information content (AvgIpc) is 3.42. The molecule has 0 radical (unpaired) electrons.